The minimum atomic E-state index is -0.707. The number of ether oxygens (including phenoxy) is 2. The number of hydrogen-bond donors (Lipinski definition) is 2. The second-order valence-corrected chi connectivity index (χ2v) is 6.96. The first-order valence-electron chi connectivity index (χ1n) is 9.00. The van der Waals surface area contributed by atoms with Crippen LogP contribution in [-0.2, 0) is 0 Å². The van der Waals surface area contributed by atoms with Crippen molar-refractivity contribution in [3.05, 3.63) is 60.2 Å². The van der Waals surface area contributed by atoms with E-state index in [9.17, 15) is 9.90 Å². The number of nitrogens with one attached hydrogen (secondary N) is 1. The molecule has 1 fully saturated rings. The highest BCUT2D eigenvalue weighted by Crippen LogP contribution is 2.28. The van der Waals surface area contributed by atoms with Crippen LogP contribution in [0.5, 0.6) is 11.5 Å². The molecule has 6 nitrogen and oxygen atoms in total. The van der Waals surface area contributed by atoms with Crippen LogP contribution in [-0.4, -0.2) is 61.4 Å². The molecule has 1 amide bonds. The Balaban J connectivity index is 1.71. The number of carbonyl (C=O) groups is 1. The number of nitrogens with zero attached hydrogens (tertiary/aromatic N) is 1. The van der Waals surface area contributed by atoms with Crippen molar-refractivity contribution >= 4 is 5.91 Å². The molecule has 144 valence electrons. The first kappa shape index (κ1) is 19.2. The van der Waals surface area contributed by atoms with E-state index in [4.69, 9.17) is 9.47 Å². The van der Waals surface area contributed by atoms with E-state index in [0.717, 1.165) is 0 Å². The van der Waals surface area contributed by atoms with Gasteiger partial charge in [-0.25, -0.2) is 0 Å². The highest BCUT2D eigenvalue weighted by molar-refractivity contribution is 5.94. The van der Waals surface area contributed by atoms with Crippen LogP contribution in [0.15, 0.2) is 54.6 Å². The summed E-state index contributed by atoms with van der Waals surface area (Å²) in [4.78, 5) is 14.6. The zero-order valence-corrected chi connectivity index (χ0v) is 15.8. The highest BCUT2D eigenvalue weighted by atomic mass is 16.5. The lowest BCUT2D eigenvalue weighted by molar-refractivity contribution is 0.0210. The Labute approximate surface area is 159 Å². The van der Waals surface area contributed by atoms with Crippen LogP contribution >= 0.6 is 0 Å². The van der Waals surface area contributed by atoms with Crippen LogP contribution in [0.25, 0.3) is 0 Å². The van der Waals surface area contributed by atoms with Crippen molar-refractivity contribution in [2.75, 3.05) is 21.2 Å². The lowest BCUT2D eigenvalue weighted by Gasteiger charge is -2.29. The molecule has 2 aromatic rings. The minimum absolute atomic E-state index is 0.179. The zero-order valence-electron chi connectivity index (χ0n) is 15.8. The molecule has 6 heteroatoms. The standard InChI is InChI=1S/C21H26N2O4/c1-23(2)19-17(22-21(25)14-9-11-15(26-3)12-10-14)13-18(20(19)24)27-16-7-5-4-6-8-16/h4-12,17-20,24H,13H2,1-3H3,(H,22,25)/t17-,18-,19+,20+/m1/s1. The third-order valence-corrected chi connectivity index (χ3v) is 4.92. The summed E-state index contributed by atoms with van der Waals surface area (Å²) in [5, 5.41) is 13.8. The van der Waals surface area contributed by atoms with Crippen LogP contribution in [0.1, 0.15) is 16.8 Å². The van der Waals surface area contributed by atoms with Gasteiger partial charge in [0.2, 0.25) is 0 Å². The quantitative estimate of drug-likeness (QED) is 0.813. The number of aliphatic hydroxyl groups excluding tert-OH is 1. The Morgan fingerprint density at radius 3 is 2.33 bits per heavy atom. The average Bonchev–Trinajstić information content (AvgIpc) is 2.97. The number of benzene rings is 2. The molecule has 0 unspecified atom stereocenters. The van der Waals surface area contributed by atoms with Gasteiger partial charge in [0.25, 0.3) is 5.91 Å². The maximum atomic E-state index is 12.6. The monoisotopic (exact) mass is 370 g/mol. The van der Waals surface area contributed by atoms with E-state index in [1.165, 1.54) is 0 Å². The summed E-state index contributed by atoms with van der Waals surface area (Å²) < 4.78 is 11.1. The topological polar surface area (TPSA) is 71.0 Å². The van der Waals surface area contributed by atoms with Crippen LogP contribution in [0.4, 0.5) is 0 Å². The van der Waals surface area contributed by atoms with Gasteiger partial charge in [-0.15, -0.1) is 0 Å². The molecule has 2 aromatic carbocycles. The van der Waals surface area contributed by atoms with Crippen molar-refractivity contribution in [2.24, 2.45) is 0 Å². The molecule has 2 N–H and O–H groups in total. The van der Waals surface area contributed by atoms with Crippen molar-refractivity contribution < 1.29 is 19.4 Å². The van der Waals surface area contributed by atoms with Crippen LogP contribution in [0.3, 0.4) is 0 Å². The normalized spacial score (nSPS) is 24.6. The number of likely N-dealkylation sites (N-methyl/N-ethyl adjacent to an activating group) is 1. The third kappa shape index (κ3) is 4.40. The fourth-order valence-electron chi connectivity index (χ4n) is 3.58. The van der Waals surface area contributed by atoms with Crippen molar-refractivity contribution in [3.63, 3.8) is 0 Å². The molecule has 0 aromatic heterocycles. The van der Waals surface area contributed by atoms with Gasteiger partial charge in [0.15, 0.2) is 0 Å². The SMILES string of the molecule is COc1ccc(C(=O)N[C@@H]2C[C@@H](Oc3ccccc3)[C@H](O)[C@H]2N(C)C)cc1. The fraction of sp³-hybridized carbons (Fsp3) is 0.381. The highest BCUT2D eigenvalue weighted by Gasteiger charge is 2.45. The molecule has 0 saturated heterocycles. The molecule has 1 aliphatic rings. The number of rotatable bonds is 6. The molecule has 0 bridgehead atoms. The predicted molar refractivity (Wildman–Crippen MR) is 103 cm³/mol. The van der Waals surface area contributed by atoms with E-state index in [1.54, 1.807) is 31.4 Å². The van der Waals surface area contributed by atoms with Crippen molar-refractivity contribution in [1.82, 2.24) is 10.2 Å². The first-order chi connectivity index (χ1) is 13.0. The molecule has 1 saturated carbocycles. The second kappa shape index (κ2) is 8.41. The summed E-state index contributed by atoms with van der Waals surface area (Å²) >= 11 is 0. The largest absolute Gasteiger partial charge is 0.497 e. The Morgan fingerprint density at radius 2 is 1.74 bits per heavy atom. The molecular weight excluding hydrogens is 344 g/mol. The molecule has 3 rings (SSSR count). The molecule has 0 spiro atoms. The number of aliphatic hydroxyl groups is 1. The van der Waals surface area contributed by atoms with Gasteiger partial charge in [-0.2, -0.15) is 0 Å². The molecule has 4 atom stereocenters. The molecule has 0 aliphatic heterocycles. The van der Waals surface area contributed by atoms with E-state index < -0.39 is 6.10 Å². The van der Waals surface area contributed by atoms with Crippen LogP contribution in [0, 0.1) is 0 Å². The summed E-state index contributed by atoms with van der Waals surface area (Å²) in [7, 11) is 5.38. The lowest BCUT2D eigenvalue weighted by Crippen LogP contribution is -2.50. The average molecular weight is 370 g/mol. The van der Waals surface area contributed by atoms with Crippen LogP contribution in [0.2, 0.25) is 0 Å². The lowest BCUT2D eigenvalue weighted by atomic mass is 10.1. The van der Waals surface area contributed by atoms with E-state index >= 15 is 0 Å². The van der Waals surface area contributed by atoms with Gasteiger partial charge in [0, 0.05) is 12.0 Å². The second-order valence-electron chi connectivity index (χ2n) is 6.96. The maximum Gasteiger partial charge on any atom is 0.251 e. The van der Waals surface area contributed by atoms with Gasteiger partial charge in [-0.3, -0.25) is 4.79 Å². The van der Waals surface area contributed by atoms with Crippen molar-refractivity contribution in [3.8, 4) is 11.5 Å². The van der Waals surface area contributed by atoms with Crippen molar-refractivity contribution in [2.45, 2.75) is 30.7 Å². The van der Waals surface area contributed by atoms with Crippen molar-refractivity contribution in [1.29, 1.82) is 0 Å². The molecule has 0 heterocycles. The predicted octanol–water partition coefficient (Wildman–Crippen LogP) is 1.94. The molecule has 0 radical (unpaired) electrons. The minimum Gasteiger partial charge on any atom is -0.497 e. The smallest absolute Gasteiger partial charge is 0.251 e. The zero-order chi connectivity index (χ0) is 19.4. The number of carbonyl (C=O) groups excluding carboxylic acids is 1. The van der Waals surface area contributed by atoms with E-state index in [0.29, 0.717) is 23.5 Å². The van der Waals surface area contributed by atoms with Crippen LogP contribution < -0.4 is 14.8 Å². The number of amides is 1. The molecular formula is C21H26N2O4. The first-order valence-corrected chi connectivity index (χ1v) is 9.00. The van der Waals surface area contributed by atoms with Gasteiger partial charge >= 0.3 is 0 Å². The van der Waals surface area contributed by atoms with E-state index in [2.05, 4.69) is 5.32 Å². The number of hydrogen-bond acceptors (Lipinski definition) is 5. The Morgan fingerprint density at radius 1 is 1.07 bits per heavy atom. The van der Waals surface area contributed by atoms with Gasteiger partial charge in [-0.05, 0) is 50.5 Å². The van der Waals surface area contributed by atoms with E-state index in [-0.39, 0.29) is 24.1 Å². The summed E-state index contributed by atoms with van der Waals surface area (Å²) in [6, 6.07) is 15.9. The molecule has 1 aliphatic carbocycles. The summed E-state index contributed by atoms with van der Waals surface area (Å²) in [6.45, 7) is 0. The third-order valence-electron chi connectivity index (χ3n) is 4.92. The summed E-state index contributed by atoms with van der Waals surface area (Å²) in [5.41, 5.74) is 0.551. The number of methoxy groups -OCH3 is 1. The van der Waals surface area contributed by atoms with E-state index in [1.807, 2.05) is 49.3 Å². The Bertz CT molecular complexity index is 749. The van der Waals surface area contributed by atoms with Gasteiger partial charge in [0.05, 0.1) is 19.2 Å². The maximum absolute atomic E-state index is 12.6. The van der Waals surface area contributed by atoms with Gasteiger partial charge < -0.3 is 24.8 Å². The Hall–Kier alpha value is -2.57. The fourth-order valence-corrected chi connectivity index (χ4v) is 3.58. The Kier molecular flexibility index (Phi) is 5.98. The summed E-state index contributed by atoms with van der Waals surface area (Å²) in [5.74, 6) is 1.23. The molecule has 27 heavy (non-hydrogen) atoms. The number of para-hydroxylation sites is 1. The summed E-state index contributed by atoms with van der Waals surface area (Å²) in [6.07, 6.45) is -0.566. The van der Waals surface area contributed by atoms with Gasteiger partial charge in [-0.1, -0.05) is 18.2 Å². The van der Waals surface area contributed by atoms with Gasteiger partial charge in [0.1, 0.15) is 23.7 Å².